The maximum Gasteiger partial charge on any atom is 0.239 e. The van der Waals surface area contributed by atoms with Crippen LogP contribution in [0.3, 0.4) is 0 Å². The highest BCUT2D eigenvalue weighted by molar-refractivity contribution is 5.91. The van der Waals surface area contributed by atoms with Crippen LogP contribution in [-0.2, 0) is 57.5 Å². The van der Waals surface area contributed by atoms with E-state index in [4.69, 9.17) is 11.5 Å². The normalized spacial score (nSPS) is 30.5. The van der Waals surface area contributed by atoms with Gasteiger partial charge >= 0.3 is 0 Å². The summed E-state index contributed by atoms with van der Waals surface area (Å²) < 4.78 is 0. The molecule has 31 nitrogen and oxygen atoms in total. The molecule has 8 fully saturated rings. The largest absolute Gasteiger partial charge is 0.368 e. The first-order valence-electron chi connectivity index (χ1n) is 37.8. The molecule has 0 bridgehead atoms. The molecule has 8 aliphatic rings. The van der Waals surface area contributed by atoms with E-state index in [2.05, 4.69) is 90.4 Å². The van der Waals surface area contributed by atoms with Crippen LogP contribution in [0.5, 0.6) is 0 Å². The summed E-state index contributed by atoms with van der Waals surface area (Å²) in [5.74, 6) is -5.46. The fourth-order valence-electron chi connectivity index (χ4n) is 16.6. The summed E-state index contributed by atoms with van der Waals surface area (Å²) in [5.41, 5.74) is 11.7. The SMILES string of the molecule is CC(C)C[C@H](CC(=O)N[C@@H]1CNC[C@H]1C(=O)N[C@@H](CC(=O)N[C@H]1CCN[C@@H]1C(=O)N[C@H]1CCN[C@@H]1C(N)=O)CC(C)C)NC(=O)[C@H]1NCC[C@@H]1NC(=O)[C@@H]1NCC[C@H]1NC(=O)C[C@@H](CC(C)C)NC(=O)[C@@H]1CNC[C@H]1NC(=O)C[C@@H](CC(C)C)NC(=O)[C@@H]1CCC[C@H]1NC(=O)[C@@H]1CCC[C@H]1N. The Morgan fingerprint density at radius 1 is 0.327 bits per heavy atom. The first-order valence-corrected chi connectivity index (χ1v) is 37.8. The molecular weight excluding hydrogens is 1300 g/mol. The van der Waals surface area contributed by atoms with Gasteiger partial charge in [-0.2, -0.15) is 0 Å². The summed E-state index contributed by atoms with van der Waals surface area (Å²) in [7, 11) is 0. The second-order valence-corrected chi connectivity index (χ2v) is 31.8. The van der Waals surface area contributed by atoms with Gasteiger partial charge in [-0.25, -0.2) is 0 Å². The van der Waals surface area contributed by atoms with E-state index in [1.165, 1.54) is 0 Å². The number of primary amides is 1. The standard InChI is InChI=1S/C70H121N19O12/c1-35(2)23-39(79-65(96)44-12-10-14-48(44)87-64(95)43-11-9-13-47(43)71)29-57(92)85-53-33-73-31-45(53)66(97)80-41(25-37(5)6)28-56(91)84-51-17-21-77-61(51)70(101)89-52-18-22-78-62(52)68(99)82-42(26-38(7)8)30-58(93)86-54-34-74-32-46(54)67(98)81-40(24-36(3)4)27-55(90)83-50-16-20-76-60(50)69(100)88-49-15-19-75-59(49)63(72)94/h35-54,59-62,73-78H,9-34,71H2,1-8H3,(H2,72,94)(H,79,96)(H,80,97)(H,81,98)(H,82,99)(H,83,90)(H,84,91)(H,85,92)(H,86,93)(H,87,95)(H,88,100)(H,89,101)/t39-,40-,41-,42-,43-,44-,45-,46-,47-,48-,49+,50+,51-,52+,53-,54-,59+,60+,61-,62+/m1/s1. The Hall–Kier alpha value is -6.64. The predicted octanol–water partition coefficient (Wildman–Crippen LogP) is -3.64. The van der Waals surface area contributed by atoms with Gasteiger partial charge in [-0.15, -0.1) is 0 Å². The van der Waals surface area contributed by atoms with E-state index in [0.29, 0.717) is 110 Å². The van der Waals surface area contributed by atoms with Gasteiger partial charge < -0.3 is 102 Å². The number of carbonyl (C=O) groups excluding carboxylic acids is 12. The van der Waals surface area contributed by atoms with E-state index in [0.717, 1.165) is 25.7 Å². The van der Waals surface area contributed by atoms with Crippen LogP contribution in [0.15, 0.2) is 0 Å². The fraction of sp³-hybridized carbons (Fsp3) is 0.829. The van der Waals surface area contributed by atoms with E-state index in [1.807, 2.05) is 55.4 Å². The number of amides is 12. The van der Waals surface area contributed by atoms with Gasteiger partial charge in [0.05, 0.1) is 59.9 Å². The van der Waals surface area contributed by atoms with Gasteiger partial charge in [0.25, 0.3) is 0 Å². The molecule has 6 saturated heterocycles. The Bertz CT molecular complexity index is 2890. The molecule has 568 valence electrons. The molecule has 8 rings (SSSR count). The monoisotopic (exact) mass is 1420 g/mol. The highest BCUT2D eigenvalue weighted by atomic mass is 16.2. The van der Waals surface area contributed by atoms with Crippen molar-refractivity contribution in [1.29, 1.82) is 0 Å². The molecule has 0 spiro atoms. The second-order valence-electron chi connectivity index (χ2n) is 31.8. The summed E-state index contributed by atoms with van der Waals surface area (Å²) in [6.45, 7) is 19.1. The zero-order valence-electron chi connectivity index (χ0n) is 60.8. The lowest BCUT2D eigenvalue weighted by atomic mass is 9.96. The van der Waals surface area contributed by atoms with E-state index in [1.54, 1.807) is 0 Å². The van der Waals surface area contributed by atoms with Crippen LogP contribution in [-0.4, -0.2) is 220 Å². The van der Waals surface area contributed by atoms with Crippen LogP contribution >= 0.6 is 0 Å². The van der Waals surface area contributed by atoms with Crippen molar-refractivity contribution < 1.29 is 57.5 Å². The fourth-order valence-corrected chi connectivity index (χ4v) is 16.6. The molecule has 20 atom stereocenters. The third-order valence-electron chi connectivity index (χ3n) is 21.4. The molecule has 0 radical (unpaired) electrons. The van der Waals surface area contributed by atoms with Crippen LogP contribution in [0.25, 0.3) is 0 Å². The minimum Gasteiger partial charge on any atom is -0.368 e. The minimum atomic E-state index is -0.830. The molecule has 2 aliphatic carbocycles. The maximum absolute atomic E-state index is 14.2. The zero-order chi connectivity index (χ0) is 73.2. The van der Waals surface area contributed by atoms with Crippen LogP contribution in [0.2, 0.25) is 0 Å². The Kier molecular flexibility index (Phi) is 30.3. The van der Waals surface area contributed by atoms with Crippen molar-refractivity contribution >= 4 is 70.9 Å². The van der Waals surface area contributed by atoms with Crippen molar-refractivity contribution in [3.8, 4) is 0 Å². The van der Waals surface area contributed by atoms with Crippen molar-refractivity contribution in [3.63, 3.8) is 0 Å². The number of carbonyl (C=O) groups is 12. The molecular formula is C70H121N19O12. The number of hydrogen-bond donors (Lipinski definition) is 19. The number of rotatable bonds is 35. The van der Waals surface area contributed by atoms with E-state index >= 15 is 0 Å². The van der Waals surface area contributed by atoms with Crippen molar-refractivity contribution in [2.75, 3.05) is 52.4 Å². The van der Waals surface area contributed by atoms with Crippen molar-refractivity contribution in [2.24, 2.45) is 58.8 Å². The Morgan fingerprint density at radius 3 is 1.02 bits per heavy atom. The summed E-state index contributed by atoms with van der Waals surface area (Å²) in [6.07, 6.45) is 8.33. The first-order chi connectivity index (χ1) is 48.1. The lowest BCUT2D eigenvalue weighted by Gasteiger charge is -2.28. The molecule has 0 aromatic heterocycles. The first kappa shape index (κ1) is 80.1. The third kappa shape index (κ3) is 23.7. The smallest absolute Gasteiger partial charge is 0.239 e. The molecule has 21 N–H and O–H groups in total. The highest BCUT2D eigenvalue weighted by Gasteiger charge is 2.45. The average Bonchev–Trinajstić information content (AvgIpc) is 1.81. The van der Waals surface area contributed by atoms with Crippen LogP contribution in [0, 0.1) is 47.3 Å². The Morgan fingerprint density at radius 2 is 0.644 bits per heavy atom. The van der Waals surface area contributed by atoms with E-state index in [9.17, 15) is 57.5 Å². The van der Waals surface area contributed by atoms with Crippen molar-refractivity contribution in [3.05, 3.63) is 0 Å². The van der Waals surface area contributed by atoms with Crippen LogP contribution < -0.4 is 102 Å². The van der Waals surface area contributed by atoms with Crippen LogP contribution in [0.1, 0.15) is 171 Å². The molecule has 0 aromatic rings. The maximum atomic E-state index is 14.2. The molecule has 6 heterocycles. The van der Waals surface area contributed by atoms with Gasteiger partial charge in [0.1, 0.15) is 24.2 Å². The second kappa shape index (κ2) is 38.2. The van der Waals surface area contributed by atoms with Crippen molar-refractivity contribution in [2.45, 2.75) is 268 Å². The number of nitrogens with one attached hydrogen (secondary N) is 17. The van der Waals surface area contributed by atoms with Gasteiger partial charge in [-0.1, -0.05) is 68.2 Å². The van der Waals surface area contributed by atoms with E-state index < -0.39 is 120 Å². The van der Waals surface area contributed by atoms with E-state index in [-0.39, 0.29) is 127 Å². The zero-order valence-corrected chi connectivity index (χ0v) is 60.8. The Balaban J connectivity index is 0.777. The van der Waals surface area contributed by atoms with Gasteiger partial charge in [-0.3, -0.25) is 57.5 Å². The highest BCUT2D eigenvalue weighted by Crippen LogP contribution is 2.30. The summed E-state index contributed by atoms with van der Waals surface area (Å²) in [4.78, 5) is 164. The molecule has 101 heavy (non-hydrogen) atoms. The van der Waals surface area contributed by atoms with Gasteiger partial charge in [-0.05, 0) is 127 Å². The quantitative estimate of drug-likeness (QED) is 0.0291. The minimum absolute atomic E-state index is 0.00642. The Labute approximate surface area is 595 Å². The summed E-state index contributed by atoms with van der Waals surface area (Å²) in [5, 5.41) is 52.7. The number of hydrogen-bond acceptors (Lipinski definition) is 19. The molecule has 2 saturated carbocycles. The molecule has 0 aromatic carbocycles. The topological polar surface area (TPSA) is 461 Å². The summed E-state index contributed by atoms with van der Waals surface area (Å²) >= 11 is 0. The van der Waals surface area contributed by atoms with Crippen LogP contribution in [0.4, 0.5) is 0 Å². The molecule has 0 unspecified atom stereocenters. The lowest BCUT2D eigenvalue weighted by molar-refractivity contribution is -0.131. The third-order valence-corrected chi connectivity index (χ3v) is 21.4. The number of nitrogens with two attached hydrogens (primary N) is 2. The molecule has 6 aliphatic heterocycles. The lowest BCUT2D eigenvalue weighted by Crippen LogP contribution is -2.59. The van der Waals surface area contributed by atoms with Crippen molar-refractivity contribution in [1.82, 2.24) is 90.4 Å². The average molecular weight is 1420 g/mol. The summed E-state index contributed by atoms with van der Waals surface area (Å²) in [6, 6.07) is -9.03. The predicted molar refractivity (Wildman–Crippen MR) is 378 cm³/mol. The van der Waals surface area contributed by atoms with Gasteiger partial charge in [0, 0.05) is 88.1 Å². The molecule has 12 amide bonds. The van der Waals surface area contributed by atoms with Gasteiger partial charge in [0.2, 0.25) is 70.9 Å². The van der Waals surface area contributed by atoms with Gasteiger partial charge in [0.15, 0.2) is 0 Å². The molecule has 31 heteroatoms.